The topological polar surface area (TPSA) is 70.4 Å². The van der Waals surface area contributed by atoms with Gasteiger partial charge in [-0.15, -0.1) is 0 Å². The van der Waals surface area contributed by atoms with E-state index < -0.39 is 0 Å². The SMILES string of the molecule is O=C1NC[C@H]2CN(c3nc4ccccc4n3CCO)C[C@@H]12. The Labute approximate surface area is 122 Å². The predicted molar refractivity (Wildman–Crippen MR) is 79.0 cm³/mol. The Hall–Kier alpha value is -2.08. The number of nitrogens with one attached hydrogen (secondary N) is 1. The van der Waals surface area contributed by atoms with Crippen LogP contribution in [0.3, 0.4) is 0 Å². The van der Waals surface area contributed by atoms with Crippen molar-refractivity contribution in [3.63, 3.8) is 0 Å². The molecule has 1 aromatic heterocycles. The van der Waals surface area contributed by atoms with Crippen LogP contribution >= 0.6 is 0 Å². The number of amides is 1. The molecule has 110 valence electrons. The summed E-state index contributed by atoms with van der Waals surface area (Å²) in [4.78, 5) is 18.7. The normalized spacial score (nSPS) is 24.6. The molecule has 21 heavy (non-hydrogen) atoms. The summed E-state index contributed by atoms with van der Waals surface area (Å²) in [7, 11) is 0. The first-order valence-electron chi connectivity index (χ1n) is 7.36. The van der Waals surface area contributed by atoms with E-state index in [0.717, 1.165) is 30.1 Å². The summed E-state index contributed by atoms with van der Waals surface area (Å²) in [6.45, 7) is 2.92. The second-order valence-corrected chi connectivity index (χ2v) is 5.79. The molecule has 2 aliphatic heterocycles. The van der Waals surface area contributed by atoms with Crippen LogP contribution in [0, 0.1) is 11.8 Å². The number of anilines is 1. The van der Waals surface area contributed by atoms with E-state index in [-0.39, 0.29) is 18.4 Å². The molecule has 2 aliphatic rings. The van der Waals surface area contributed by atoms with Crippen LogP contribution in [0.25, 0.3) is 11.0 Å². The Balaban J connectivity index is 1.73. The second kappa shape index (κ2) is 4.73. The highest BCUT2D eigenvalue weighted by molar-refractivity contribution is 5.83. The molecule has 0 unspecified atom stereocenters. The van der Waals surface area contributed by atoms with E-state index in [1.807, 2.05) is 28.8 Å². The molecule has 6 nitrogen and oxygen atoms in total. The average Bonchev–Trinajstić information content (AvgIpc) is 3.15. The lowest BCUT2D eigenvalue weighted by Crippen LogP contribution is -2.30. The second-order valence-electron chi connectivity index (χ2n) is 5.79. The first-order valence-corrected chi connectivity index (χ1v) is 7.36. The lowest BCUT2D eigenvalue weighted by atomic mass is 10.0. The van der Waals surface area contributed by atoms with E-state index in [1.165, 1.54) is 0 Å². The van der Waals surface area contributed by atoms with Crippen LogP contribution < -0.4 is 10.2 Å². The Bertz CT molecular complexity index is 696. The zero-order chi connectivity index (χ0) is 14.4. The van der Waals surface area contributed by atoms with Crippen molar-refractivity contribution in [3.05, 3.63) is 24.3 Å². The number of hydrogen-bond acceptors (Lipinski definition) is 4. The molecule has 0 saturated carbocycles. The number of benzene rings is 1. The third-order valence-corrected chi connectivity index (χ3v) is 4.56. The molecule has 0 aliphatic carbocycles. The molecule has 6 heteroatoms. The molecule has 2 aromatic rings. The predicted octanol–water partition coefficient (Wildman–Crippen LogP) is 0.211. The summed E-state index contributed by atoms with van der Waals surface area (Å²) in [5.74, 6) is 1.48. The highest BCUT2D eigenvalue weighted by atomic mass is 16.3. The standard InChI is InChI=1S/C15H18N4O2/c20-6-5-19-13-4-2-1-3-12(13)17-15(19)18-8-10-7-16-14(21)11(10)9-18/h1-4,10-11,20H,5-9H2,(H,16,21)/t10-,11+/m0/s1. The average molecular weight is 286 g/mol. The van der Waals surface area contributed by atoms with Crippen molar-refractivity contribution in [2.45, 2.75) is 6.54 Å². The van der Waals surface area contributed by atoms with Gasteiger partial charge >= 0.3 is 0 Å². The van der Waals surface area contributed by atoms with Crippen LogP contribution in [-0.2, 0) is 11.3 Å². The van der Waals surface area contributed by atoms with E-state index in [1.54, 1.807) is 0 Å². The van der Waals surface area contributed by atoms with E-state index in [9.17, 15) is 9.90 Å². The van der Waals surface area contributed by atoms with Gasteiger partial charge in [0, 0.05) is 32.1 Å². The van der Waals surface area contributed by atoms with Crippen LogP contribution in [-0.4, -0.2) is 46.8 Å². The van der Waals surface area contributed by atoms with Gasteiger partial charge in [0.2, 0.25) is 11.9 Å². The molecular weight excluding hydrogens is 268 g/mol. The zero-order valence-corrected chi connectivity index (χ0v) is 11.7. The van der Waals surface area contributed by atoms with Gasteiger partial charge < -0.3 is 19.9 Å². The highest BCUT2D eigenvalue weighted by Gasteiger charge is 2.43. The fourth-order valence-electron chi connectivity index (χ4n) is 3.53. The van der Waals surface area contributed by atoms with Gasteiger partial charge in [-0.1, -0.05) is 12.1 Å². The van der Waals surface area contributed by atoms with Crippen molar-refractivity contribution in [3.8, 4) is 0 Å². The molecule has 0 bridgehead atoms. The number of nitrogens with zero attached hydrogens (tertiary/aromatic N) is 3. The van der Waals surface area contributed by atoms with Crippen molar-refractivity contribution in [2.75, 3.05) is 31.1 Å². The molecular formula is C15H18N4O2. The number of aliphatic hydroxyl groups is 1. The summed E-state index contributed by atoms with van der Waals surface area (Å²) in [6, 6.07) is 7.95. The van der Waals surface area contributed by atoms with Gasteiger partial charge in [-0.05, 0) is 12.1 Å². The summed E-state index contributed by atoms with van der Waals surface area (Å²) < 4.78 is 2.05. The van der Waals surface area contributed by atoms with Crippen molar-refractivity contribution < 1.29 is 9.90 Å². The first-order chi connectivity index (χ1) is 10.3. The van der Waals surface area contributed by atoms with E-state index in [4.69, 9.17) is 4.98 Å². The third kappa shape index (κ3) is 1.90. The largest absolute Gasteiger partial charge is 0.395 e. The minimum atomic E-state index is 0.0763. The maximum atomic E-state index is 11.8. The number of para-hydroxylation sites is 2. The molecule has 4 rings (SSSR count). The van der Waals surface area contributed by atoms with E-state index >= 15 is 0 Å². The number of fused-ring (bicyclic) bond motifs is 2. The Kier molecular flexibility index (Phi) is 2.85. The monoisotopic (exact) mass is 286 g/mol. The van der Waals surface area contributed by atoms with Crippen LogP contribution in [0.1, 0.15) is 0 Å². The lowest BCUT2D eigenvalue weighted by molar-refractivity contribution is -0.122. The molecule has 1 amide bonds. The van der Waals surface area contributed by atoms with E-state index in [0.29, 0.717) is 19.0 Å². The number of carbonyl (C=O) groups excluding carboxylic acids is 1. The van der Waals surface area contributed by atoms with Gasteiger partial charge in [0.05, 0.1) is 23.6 Å². The first kappa shape index (κ1) is 12.6. The summed E-state index contributed by atoms with van der Waals surface area (Å²) in [5.41, 5.74) is 1.96. The molecule has 2 fully saturated rings. The summed E-state index contributed by atoms with van der Waals surface area (Å²) in [5, 5.41) is 12.3. The highest BCUT2D eigenvalue weighted by Crippen LogP contribution is 2.32. The molecule has 1 aromatic carbocycles. The Morgan fingerprint density at radius 1 is 1.33 bits per heavy atom. The molecule has 2 atom stereocenters. The quantitative estimate of drug-likeness (QED) is 0.846. The Morgan fingerprint density at radius 3 is 3.00 bits per heavy atom. The van der Waals surface area contributed by atoms with Crippen molar-refractivity contribution in [2.24, 2.45) is 11.8 Å². The van der Waals surface area contributed by atoms with Crippen molar-refractivity contribution in [1.29, 1.82) is 0 Å². The van der Waals surface area contributed by atoms with Crippen LogP contribution in [0.5, 0.6) is 0 Å². The summed E-state index contributed by atoms with van der Waals surface area (Å²) in [6.07, 6.45) is 0. The van der Waals surface area contributed by atoms with Crippen molar-refractivity contribution in [1.82, 2.24) is 14.9 Å². The number of hydrogen-bond donors (Lipinski definition) is 2. The lowest BCUT2D eigenvalue weighted by Gasteiger charge is -2.19. The minimum absolute atomic E-state index is 0.0763. The summed E-state index contributed by atoms with van der Waals surface area (Å²) >= 11 is 0. The molecule has 0 radical (unpaired) electrons. The van der Waals surface area contributed by atoms with Gasteiger partial charge in [0.15, 0.2) is 0 Å². The van der Waals surface area contributed by atoms with Crippen LogP contribution in [0.4, 0.5) is 5.95 Å². The molecule has 0 spiro atoms. The Morgan fingerprint density at radius 2 is 2.19 bits per heavy atom. The molecule has 2 saturated heterocycles. The van der Waals surface area contributed by atoms with Crippen molar-refractivity contribution >= 4 is 22.9 Å². The number of rotatable bonds is 3. The number of aliphatic hydroxyl groups excluding tert-OH is 1. The van der Waals surface area contributed by atoms with Gasteiger partial charge in [-0.3, -0.25) is 4.79 Å². The minimum Gasteiger partial charge on any atom is -0.395 e. The fourth-order valence-corrected chi connectivity index (χ4v) is 3.53. The molecule has 3 heterocycles. The number of imidazole rings is 1. The van der Waals surface area contributed by atoms with Gasteiger partial charge in [-0.25, -0.2) is 4.98 Å². The third-order valence-electron chi connectivity index (χ3n) is 4.56. The number of aromatic nitrogens is 2. The maximum absolute atomic E-state index is 11.8. The van der Waals surface area contributed by atoms with Crippen LogP contribution in [0.15, 0.2) is 24.3 Å². The number of carbonyl (C=O) groups is 1. The zero-order valence-electron chi connectivity index (χ0n) is 11.7. The fraction of sp³-hybridized carbons (Fsp3) is 0.467. The van der Waals surface area contributed by atoms with E-state index in [2.05, 4.69) is 10.2 Å². The maximum Gasteiger partial charge on any atom is 0.225 e. The van der Waals surface area contributed by atoms with Gasteiger partial charge in [0.1, 0.15) is 0 Å². The molecule has 2 N–H and O–H groups in total. The smallest absolute Gasteiger partial charge is 0.225 e. The van der Waals surface area contributed by atoms with Gasteiger partial charge in [-0.2, -0.15) is 0 Å². The van der Waals surface area contributed by atoms with Crippen LogP contribution in [0.2, 0.25) is 0 Å². The van der Waals surface area contributed by atoms with Gasteiger partial charge in [0.25, 0.3) is 0 Å².